The summed E-state index contributed by atoms with van der Waals surface area (Å²) in [6.07, 6.45) is -5.48. The van der Waals surface area contributed by atoms with Crippen LogP contribution in [0.5, 0.6) is 0 Å². The van der Waals surface area contributed by atoms with Gasteiger partial charge < -0.3 is 0 Å². The zero-order valence-corrected chi connectivity index (χ0v) is 16.4. The maximum Gasteiger partial charge on any atom is 0.404 e. The van der Waals surface area contributed by atoms with Gasteiger partial charge in [0.15, 0.2) is 5.41 Å². The van der Waals surface area contributed by atoms with Crippen LogP contribution >= 0.6 is 0 Å². The van der Waals surface area contributed by atoms with Crippen LogP contribution in [-0.4, -0.2) is 12.4 Å². The summed E-state index contributed by atoms with van der Waals surface area (Å²) in [5, 5.41) is 0. The predicted molar refractivity (Wildman–Crippen MR) is 94.9 cm³/mol. The Morgan fingerprint density at radius 1 is 0.556 bits per heavy atom. The van der Waals surface area contributed by atoms with Crippen molar-refractivity contribution in [1.82, 2.24) is 0 Å². The van der Waals surface area contributed by atoms with Gasteiger partial charge in [0.25, 0.3) is 0 Å². The molecule has 0 aromatic heterocycles. The van der Waals surface area contributed by atoms with Crippen LogP contribution in [0.1, 0.15) is 41.5 Å². The predicted octanol–water partition coefficient (Wildman–Crippen LogP) is 7.41. The molecule has 0 radical (unpaired) electrons. The minimum atomic E-state index is -5.45. The van der Waals surface area contributed by atoms with E-state index in [0.717, 1.165) is 11.1 Å². The standard InChI is InChI=1S/C21H26F6/c1-11-7-15(5)17(9-13(11)3)19(20(22,23)24,21(25,26)27)18-10-14(4)12(2)8-16(18)6/h7-10,15-18H,1-6H3. The fourth-order valence-electron chi connectivity index (χ4n) is 4.60. The molecule has 4 atom stereocenters. The molecular weight excluding hydrogens is 366 g/mol. The summed E-state index contributed by atoms with van der Waals surface area (Å²) in [6.45, 7) is 9.43. The monoisotopic (exact) mass is 392 g/mol. The molecule has 0 aromatic carbocycles. The Labute approximate surface area is 156 Å². The first-order valence-electron chi connectivity index (χ1n) is 9.02. The van der Waals surface area contributed by atoms with Gasteiger partial charge in [-0.15, -0.1) is 0 Å². The van der Waals surface area contributed by atoms with Gasteiger partial charge in [-0.3, -0.25) is 0 Å². The Balaban J connectivity index is 2.82. The largest absolute Gasteiger partial charge is 0.404 e. The van der Waals surface area contributed by atoms with Crippen molar-refractivity contribution in [3.05, 3.63) is 46.6 Å². The summed E-state index contributed by atoms with van der Waals surface area (Å²) < 4.78 is 86.5. The van der Waals surface area contributed by atoms with Gasteiger partial charge in [0.05, 0.1) is 0 Å². The molecule has 0 amide bonds. The first-order chi connectivity index (χ1) is 12.1. The molecule has 0 saturated carbocycles. The highest BCUT2D eigenvalue weighted by Gasteiger charge is 2.77. The quantitative estimate of drug-likeness (QED) is 0.429. The molecule has 2 aliphatic rings. The van der Waals surface area contributed by atoms with Crippen LogP contribution in [0.15, 0.2) is 46.6 Å². The number of allylic oxidation sites excluding steroid dienone is 8. The van der Waals surface area contributed by atoms with E-state index in [4.69, 9.17) is 0 Å². The van der Waals surface area contributed by atoms with Crippen molar-refractivity contribution in [2.24, 2.45) is 29.1 Å². The summed E-state index contributed by atoms with van der Waals surface area (Å²) in [7, 11) is 0. The Morgan fingerprint density at radius 2 is 0.815 bits per heavy atom. The van der Waals surface area contributed by atoms with Crippen LogP contribution in [0.25, 0.3) is 0 Å². The molecule has 0 heterocycles. The molecule has 152 valence electrons. The topological polar surface area (TPSA) is 0 Å². The normalized spacial score (nSPS) is 30.4. The summed E-state index contributed by atoms with van der Waals surface area (Å²) >= 11 is 0. The minimum absolute atomic E-state index is 0.465. The molecule has 0 fully saturated rings. The fraction of sp³-hybridized carbons (Fsp3) is 0.619. The van der Waals surface area contributed by atoms with Gasteiger partial charge in [0.1, 0.15) is 0 Å². The SMILES string of the molecule is CC1=CC(C)C(C(C2C=C(C)C(C)=CC2C)(C(F)(F)F)C(F)(F)F)C=C1C. The smallest absolute Gasteiger partial charge is 0.170 e. The third-order valence-electron chi connectivity index (χ3n) is 6.25. The second kappa shape index (κ2) is 6.85. The number of hydrogen-bond donors (Lipinski definition) is 0. The highest BCUT2D eigenvalue weighted by atomic mass is 19.4. The zero-order chi connectivity index (χ0) is 20.9. The van der Waals surface area contributed by atoms with Crippen molar-refractivity contribution in [2.75, 3.05) is 0 Å². The average molecular weight is 392 g/mol. The van der Waals surface area contributed by atoms with E-state index < -0.39 is 41.4 Å². The van der Waals surface area contributed by atoms with E-state index in [9.17, 15) is 26.3 Å². The van der Waals surface area contributed by atoms with Crippen molar-refractivity contribution in [3.8, 4) is 0 Å². The minimum Gasteiger partial charge on any atom is -0.170 e. The van der Waals surface area contributed by atoms with Gasteiger partial charge in [-0.1, -0.05) is 60.4 Å². The fourth-order valence-corrected chi connectivity index (χ4v) is 4.60. The summed E-state index contributed by atoms with van der Waals surface area (Å²) in [5.41, 5.74) is -1.48. The van der Waals surface area contributed by atoms with Crippen molar-refractivity contribution < 1.29 is 26.3 Å². The molecule has 0 N–H and O–H groups in total. The third kappa shape index (κ3) is 3.40. The van der Waals surface area contributed by atoms with Gasteiger partial charge in [-0.2, -0.15) is 26.3 Å². The number of hydrogen-bond acceptors (Lipinski definition) is 0. The van der Waals surface area contributed by atoms with Crippen molar-refractivity contribution in [3.63, 3.8) is 0 Å². The summed E-state index contributed by atoms with van der Waals surface area (Å²) in [6, 6.07) is 0. The number of alkyl halides is 6. The number of halogens is 6. The van der Waals surface area contributed by atoms with Gasteiger partial charge in [-0.25, -0.2) is 0 Å². The molecule has 4 unspecified atom stereocenters. The van der Waals surface area contributed by atoms with Gasteiger partial charge in [0, 0.05) is 11.8 Å². The molecule has 6 heteroatoms. The molecular formula is C21H26F6. The van der Waals surface area contributed by atoms with Gasteiger partial charge >= 0.3 is 12.4 Å². The third-order valence-corrected chi connectivity index (χ3v) is 6.25. The first kappa shape index (κ1) is 21.8. The van der Waals surface area contributed by atoms with Crippen molar-refractivity contribution in [1.29, 1.82) is 0 Å². The lowest BCUT2D eigenvalue weighted by atomic mass is 9.55. The second-order valence-electron chi connectivity index (χ2n) is 8.03. The maximum absolute atomic E-state index is 14.4. The van der Waals surface area contributed by atoms with E-state index in [1.54, 1.807) is 27.7 Å². The Bertz CT molecular complexity index is 652. The molecule has 0 nitrogen and oxygen atoms in total. The molecule has 27 heavy (non-hydrogen) atoms. The number of rotatable bonds is 2. The molecule has 0 spiro atoms. The lowest BCUT2D eigenvalue weighted by Gasteiger charge is -2.51. The van der Waals surface area contributed by atoms with Crippen molar-refractivity contribution in [2.45, 2.75) is 53.9 Å². The zero-order valence-electron chi connectivity index (χ0n) is 16.4. The molecule has 2 rings (SSSR count). The van der Waals surface area contributed by atoms with E-state index in [0.29, 0.717) is 11.1 Å². The molecule has 0 saturated heterocycles. The molecule has 0 aromatic rings. The van der Waals surface area contributed by atoms with Crippen LogP contribution in [-0.2, 0) is 0 Å². The van der Waals surface area contributed by atoms with Crippen LogP contribution in [0.2, 0.25) is 0 Å². The first-order valence-corrected chi connectivity index (χ1v) is 9.02. The Hall–Kier alpha value is -1.46. The van der Waals surface area contributed by atoms with Crippen LogP contribution in [0, 0.1) is 29.1 Å². The highest BCUT2D eigenvalue weighted by molar-refractivity contribution is 5.38. The van der Waals surface area contributed by atoms with Crippen LogP contribution in [0.3, 0.4) is 0 Å². The van der Waals surface area contributed by atoms with Crippen LogP contribution in [0.4, 0.5) is 26.3 Å². The van der Waals surface area contributed by atoms with Gasteiger partial charge in [-0.05, 0) is 39.5 Å². The average Bonchev–Trinajstić information content (AvgIpc) is 2.47. The van der Waals surface area contributed by atoms with E-state index >= 15 is 0 Å². The Kier molecular flexibility index (Phi) is 5.54. The Morgan fingerprint density at radius 3 is 1.07 bits per heavy atom. The summed E-state index contributed by atoms with van der Waals surface area (Å²) in [5.74, 6) is -5.20. The van der Waals surface area contributed by atoms with E-state index in [1.807, 2.05) is 0 Å². The van der Waals surface area contributed by atoms with Crippen molar-refractivity contribution >= 4 is 0 Å². The molecule has 0 bridgehead atoms. The lowest BCUT2D eigenvalue weighted by Crippen LogP contribution is -2.61. The van der Waals surface area contributed by atoms with E-state index in [-0.39, 0.29) is 0 Å². The molecule has 0 aliphatic heterocycles. The summed E-state index contributed by atoms with van der Waals surface area (Å²) in [4.78, 5) is 0. The van der Waals surface area contributed by atoms with E-state index in [2.05, 4.69) is 0 Å². The second-order valence-corrected chi connectivity index (χ2v) is 8.03. The molecule has 2 aliphatic carbocycles. The highest BCUT2D eigenvalue weighted by Crippen LogP contribution is 2.65. The lowest BCUT2D eigenvalue weighted by molar-refractivity contribution is -0.373. The van der Waals surface area contributed by atoms with E-state index in [1.165, 1.54) is 38.2 Å². The van der Waals surface area contributed by atoms with Crippen LogP contribution < -0.4 is 0 Å². The van der Waals surface area contributed by atoms with Gasteiger partial charge in [0.2, 0.25) is 0 Å². The maximum atomic E-state index is 14.4.